The summed E-state index contributed by atoms with van der Waals surface area (Å²) in [5.74, 6) is 0.251. The van der Waals surface area contributed by atoms with Crippen LogP contribution in [-0.2, 0) is 6.54 Å². The fourth-order valence-electron chi connectivity index (χ4n) is 2.27. The molecule has 0 bridgehead atoms. The van der Waals surface area contributed by atoms with Gasteiger partial charge in [0.1, 0.15) is 11.6 Å². The zero-order valence-corrected chi connectivity index (χ0v) is 15.1. The lowest BCUT2D eigenvalue weighted by atomic mass is 10.2. The first-order chi connectivity index (χ1) is 13.0. The molecule has 0 saturated carbocycles. The highest BCUT2D eigenvalue weighted by atomic mass is 35.5. The Bertz CT molecular complexity index is 933. The van der Waals surface area contributed by atoms with E-state index in [-0.39, 0.29) is 18.3 Å². The van der Waals surface area contributed by atoms with Crippen LogP contribution in [0.4, 0.5) is 16.0 Å². The maximum Gasteiger partial charge on any atom is 0.254 e. The van der Waals surface area contributed by atoms with Gasteiger partial charge in [-0.3, -0.25) is 4.79 Å². The summed E-state index contributed by atoms with van der Waals surface area (Å²) < 4.78 is 18.0. The number of methoxy groups -OCH3 is 1. The summed E-state index contributed by atoms with van der Waals surface area (Å²) in [5, 5.41) is 6.18. The highest BCUT2D eigenvalue weighted by Gasteiger charge is 2.08. The lowest BCUT2D eigenvalue weighted by Crippen LogP contribution is -2.23. The Morgan fingerprint density at radius 1 is 1.15 bits per heavy atom. The summed E-state index contributed by atoms with van der Waals surface area (Å²) in [4.78, 5) is 20.4. The zero-order chi connectivity index (χ0) is 19.2. The van der Waals surface area contributed by atoms with Crippen molar-refractivity contribution in [2.75, 3.05) is 12.4 Å². The summed E-state index contributed by atoms with van der Waals surface area (Å²) in [7, 11) is 1.54. The van der Waals surface area contributed by atoms with Gasteiger partial charge in [0, 0.05) is 24.6 Å². The highest BCUT2D eigenvalue weighted by Crippen LogP contribution is 2.28. The van der Waals surface area contributed by atoms with E-state index in [2.05, 4.69) is 20.6 Å². The molecule has 3 aromatic rings. The Morgan fingerprint density at radius 2 is 1.85 bits per heavy atom. The van der Waals surface area contributed by atoms with Gasteiger partial charge in [-0.15, -0.1) is 0 Å². The molecule has 0 unspecified atom stereocenters. The lowest BCUT2D eigenvalue weighted by molar-refractivity contribution is 0.0950. The number of amides is 1. The van der Waals surface area contributed by atoms with Crippen LogP contribution in [0.15, 0.2) is 54.9 Å². The van der Waals surface area contributed by atoms with Gasteiger partial charge < -0.3 is 15.4 Å². The molecule has 0 atom stereocenters. The van der Waals surface area contributed by atoms with Crippen molar-refractivity contribution in [2.45, 2.75) is 6.54 Å². The Kier molecular flexibility index (Phi) is 5.83. The van der Waals surface area contributed by atoms with E-state index in [1.807, 2.05) is 0 Å². The van der Waals surface area contributed by atoms with Gasteiger partial charge in [0.05, 0.1) is 17.7 Å². The summed E-state index contributed by atoms with van der Waals surface area (Å²) >= 11 is 6.08. The van der Waals surface area contributed by atoms with Crippen molar-refractivity contribution in [1.82, 2.24) is 15.3 Å². The van der Waals surface area contributed by atoms with E-state index in [1.54, 1.807) is 30.3 Å². The minimum absolute atomic E-state index is 0.281. The standard InChI is InChI=1S/C19H16ClFN4O2/c1-27-17-7-6-15(8-16(17)20)25-19-23-10-13(11-24-19)18(26)22-9-12-2-4-14(21)5-3-12/h2-8,10-11H,9H2,1H3,(H,22,26)(H,23,24,25). The van der Waals surface area contributed by atoms with Crippen LogP contribution in [0.3, 0.4) is 0 Å². The lowest BCUT2D eigenvalue weighted by Gasteiger charge is -2.08. The second-order valence-corrected chi connectivity index (χ2v) is 5.99. The molecule has 0 spiro atoms. The zero-order valence-electron chi connectivity index (χ0n) is 14.4. The van der Waals surface area contributed by atoms with Gasteiger partial charge in [-0.05, 0) is 35.9 Å². The molecule has 0 saturated heterocycles. The molecule has 0 aliphatic carbocycles. The minimum Gasteiger partial charge on any atom is -0.495 e. The number of aromatic nitrogens is 2. The monoisotopic (exact) mass is 386 g/mol. The maximum atomic E-state index is 12.9. The van der Waals surface area contributed by atoms with E-state index in [0.717, 1.165) is 5.56 Å². The third kappa shape index (κ3) is 4.92. The van der Waals surface area contributed by atoms with Crippen LogP contribution in [0.2, 0.25) is 5.02 Å². The van der Waals surface area contributed by atoms with Crippen LogP contribution < -0.4 is 15.4 Å². The van der Waals surface area contributed by atoms with E-state index >= 15 is 0 Å². The number of nitrogens with one attached hydrogen (secondary N) is 2. The molecule has 1 aromatic heterocycles. The number of halogens is 2. The van der Waals surface area contributed by atoms with Gasteiger partial charge in [-0.2, -0.15) is 0 Å². The van der Waals surface area contributed by atoms with Crippen molar-refractivity contribution in [3.63, 3.8) is 0 Å². The van der Waals surface area contributed by atoms with Crippen LogP contribution in [0.1, 0.15) is 15.9 Å². The van der Waals surface area contributed by atoms with Gasteiger partial charge in [0.15, 0.2) is 0 Å². The smallest absolute Gasteiger partial charge is 0.254 e. The molecule has 2 aromatic carbocycles. The van der Waals surface area contributed by atoms with E-state index in [4.69, 9.17) is 16.3 Å². The van der Waals surface area contributed by atoms with Gasteiger partial charge in [-0.25, -0.2) is 14.4 Å². The third-order valence-electron chi connectivity index (χ3n) is 3.69. The number of carbonyl (C=O) groups is 1. The molecular formula is C19H16ClFN4O2. The van der Waals surface area contributed by atoms with Crippen LogP contribution in [0.25, 0.3) is 0 Å². The quantitative estimate of drug-likeness (QED) is 0.670. The molecular weight excluding hydrogens is 371 g/mol. The predicted molar refractivity (Wildman–Crippen MR) is 101 cm³/mol. The summed E-state index contributed by atoms with van der Waals surface area (Å²) in [6.45, 7) is 0.281. The highest BCUT2D eigenvalue weighted by molar-refractivity contribution is 6.32. The molecule has 0 fully saturated rings. The normalized spacial score (nSPS) is 10.3. The van der Waals surface area contributed by atoms with Crippen molar-refractivity contribution in [2.24, 2.45) is 0 Å². The minimum atomic E-state index is -0.321. The first-order valence-electron chi connectivity index (χ1n) is 8.00. The molecule has 0 aliphatic heterocycles. The van der Waals surface area contributed by atoms with E-state index < -0.39 is 0 Å². The van der Waals surface area contributed by atoms with E-state index in [1.165, 1.54) is 31.6 Å². The average molecular weight is 387 g/mol. The number of carbonyl (C=O) groups excluding carboxylic acids is 1. The first kappa shape index (κ1) is 18.6. The fraction of sp³-hybridized carbons (Fsp3) is 0.105. The Labute approximate surface area is 160 Å². The fourth-order valence-corrected chi connectivity index (χ4v) is 2.53. The molecule has 1 heterocycles. The third-order valence-corrected chi connectivity index (χ3v) is 3.98. The summed E-state index contributed by atoms with van der Waals surface area (Å²) in [5.41, 5.74) is 1.80. The first-order valence-corrected chi connectivity index (χ1v) is 8.38. The molecule has 2 N–H and O–H groups in total. The summed E-state index contributed by atoms with van der Waals surface area (Å²) in [6, 6.07) is 11.1. The number of nitrogens with zero attached hydrogens (tertiary/aromatic N) is 2. The van der Waals surface area contributed by atoms with Crippen LogP contribution in [0, 0.1) is 5.82 Å². The molecule has 27 heavy (non-hydrogen) atoms. The van der Waals surface area contributed by atoms with Gasteiger partial charge in [0.2, 0.25) is 5.95 Å². The van der Waals surface area contributed by atoms with E-state index in [0.29, 0.717) is 28.0 Å². The van der Waals surface area contributed by atoms with Crippen molar-refractivity contribution < 1.29 is 13.9 Å². The molecule has 1 amide bonds. The van der Waals surface area contributed by atoms with Crippen LogP contribution >= 0.6 is 11.6 Å². The van der Waals surface area contributed by atoms with Crippen molar-refractivity contribution >= 4 is 29.1 Å². The molecule has 8 heteroatoms. The summed E-state index contributed by atoms with van der Waals surface area (Å²) in [6.07, 6.45) is 2.83. The van der Waals surface area contributed by atoms with Crippen molar-refractivity contribution in [3.8, 4) is 5.75 Å². The Balaban J connectivity index is 1.60. The average Bonchev–Trinajstić information content (AvgIpc) is 2.68. The molecule has 0 aliphatic rings. The van der Waals surface area contributed by atoms with Gasteiger partial charge in [0.25, 0.3) is 5.91 Å². The predicted octanol–water partition coefficient (Wildman–Crippen LogP) is 3.95. The number of anilines is 2. The Hall–Kier alpha value is -3.19. The number of ether oxygens (including phenoxy) is 1. The number of benzene rings is 2. The molecule has 138 valence electrons. The molecule has 3 rings (SSSR count). The number of hydrogen-bond acceptors (Lipinski definition) is 5. The van der Waals surface area contributed by atoms with E-state index in [9.17, 15) is 9.18 Å². The SMILES string of the molecule is COc1ccc(Nc2ncc(C(=O)NCc3ccc(F)cc3)cn2)cc1Cl. The van der Waals surface area contributed by atoms with Gasteiger partial charge in [-0.1, -0.05) is 23.7 Å². The van der Waals surface area contributed by atoms with Crippen molar-refractivity contribution in [1.29, 1.82) is 0 Å². The second kappa shape index (κ2) is 8.46. The Morgan fingerprint density at radius 3 is 2.48 bits per heavy atom. The second-order valence-electron chi connectivity index (χ2n) is 5.58. The number of hydrogen-bond donors (Lipinski definition) is 2. The largest absolute Gasteiger partial charge is 0.495 e. The maximum absolute atomic E-state index is 12.9. The number of rotatable bonds is 6. The van der Waals surface area contributed by atoms with Crippen LogP contribution in [-0.4, -0.2) is 23.0 Å². The topological polar surface area (TPSA) is 76.1 Å². The van der Waals surface area contributed by atoms with Crippen LogP contribution in [0.5, 0.6) is 5.75 Å². The molecule has 6 nitrogen and oxygen atoms in total. The van der Waals surface area contributed by atoms with Crippen molar-refractivity contribution in [3.05, 3.63) is 76.8 Å². The molecule has 0 radical (unpaired) electrons. The van der Waals surface area contributed by atoms with Gasteiger partial charge >= 0.3 is 0 Å².